The fourth-order valence-corrected chi connectivity index (χ4v) is 2.48. The lowest BCUT2D eigenvalue weighted by atomic mass is 9.97. The molecule has 0 unspecified atom stereocenters. The molecule has 2 nitrogen and oxygen atoms in total. The maximum Gasteiger partial charge on any atom is 0.196 e. The summed E-state index contributed by atoms with van der Waals surface area (Å²) >= 11 is 5.64. The van der Waals surface area contributed by atoms with Crippen LogP contribution < -0.4 is 4.74 Å². The van der Waals surface area contributed by atoms with E-state index in [-0.39, 0.29) is 16.4 Å². The lowest BCUT2D eigenvalue weighted by molar-refractivity contribution is 0.103. The van der Waals surface area contributed by atoms with E-state index < -0.39 is 5.82 Å². The Balaban J connectivity index is 2.04. The van der Waals surface area contributed by atoms with Crippen molar-refractivity contribution in [3.05, 3.63) is 63.9 Å². The van der Waals surface area contributed by atoms with Gasteiger partial charge >= 0.3 is 0 Å². The first-order valence-electron chi connectivity index (χ1n) is 6.41. The van der Waals surface area contributed by atoms with Gasteiger partial charge in [-0.2, -0.15) is 0 Å². The number of halogens is 2. The van der Waals surface area contributed by atoms with Gasteiger partial charge in [0.25, 0.3) is 0 Å². The maximum atomic E-state index is 13.5. The number of ether oxygens (including phenoxy) is 1. The van der Waals surface area contributed by atoms with Crippen molar-refractivity contribution >= 4 is 17.4 Å². The highest BCUT2D eigenvalue weighted by atomic mass is 35.5. The van der Waals surface area contributed by atoms with Crippen LogP contribution in [0.4, 0.5) is 4.39 Å². The molecular weight excluding hydrogens is 279 g/mol. The van der Waals surface area contributed by atoms with E-state index in [9.17, 15) is 9.18 Å². The quantitative estimate of drug-likeness (QED) is 0.781. The lowest BCUT2D eigenvalue weighted by Crippen LogP contribution is -2.13. The largest absolute Gasteiger partial charge is 0.493 e. The zero-order valence-electron chi connectivity index (χ0n) is 10.7. The highest BCUT2D eigenvalue weighted by Gasteiger charge is 2.20. The first-order valence-corrected chi connectivity index (χ1v) is 6.79. The third kappa shape index (κ3) is 2.29. The molecule has 3 rings (SSSR count). The number of carbonyl (C=O) groups is 1. The van der Waals surface area contributed by atoms with Gasteiger partial charge in [-0.05, 0) is 42.7 Å². The summed E-state index contributed by atoms with van der Waals surface area (Å²) < 4.78 is 19.1. The highest BCUT2D eigenvalue weighted by molar-refractivity contribution is 6.30. The van der Waals surface area contributed by atoms with Gasteiger partial charge in [-0.15, -0.1) is 0 Å². The van der Waals surface area contributed by atoms with Gasteiger partial charge in [-0.3, -0.25) is 4.79 Å². The molecule has 20 heavy (non-hydrogen) atoms. The first kappa shape index (κ1) is 13.1. The van der Waals surface area contributed by atoms with Gasteiger partial charge in [0.15, 0.2) is 5.78 Å². The minimum Gasteiger partial charge on any atom is -0.493 e. The number of para-hydroxylation sites is 1. The SMILES string of the molecule is O=C(c1ccc(Cl)c(F)c1)c1cccc2c1OCCC2. The Hall–Kier alpha value is -1.87. The van der Waals surface area contributed by atoms with Crippen molar-refractivity contribution in [3.8, 4) is 5.75 Å². The van der Waals surface area contributed by atoms with Crippen LogP contribution in [0.3, 0.4) is 0 Å². The summed E-state index contributed by atoms with van der Waals surface area (Å²) in [7, 11) is 0. The molecule has 0 saturated carbocycles. The van der Waals surface area contributed by atoms with Crippen molar-refractivity contribution in [2.75, 3.05) is 6.61 Å². The number of fused-ring (bicyclic) bond motifs is 1. The number of benzene rings is 2. The molecule has 2 aromatic carbocycles. The van der Waals surface area contributed by atoms with Gasteiger partial charge < -0.3 is 4.74 Å². The van der Waals surface area contributed by atoms with Crippen LogP contribution in [0.1, 0.15) is 27.9 Å². The zero-order chi connectivity index (χ0) is 14.1. The molecule has 0 radical (unpaired) electrons. The molecule has 0 N–H and O–H groups in total. The average Bonchev–Trinajstić information content (AvgIpc) is 2.49. The Labute approximate surface area is 121 Å². The van der Waals surface area contributed by atoms with E-state index in [1.165, 1.54) is 12.1 Å². The lowest BCUT2D eigenvalue weighted by Gasteiger charge is -2.19. The maximum absolute atomic E-state index is 13.5. The molecule has 1 aliphatic heterocycles. The second kappa shape index (κ2) is 5.25. The molecule has 0 aromatic heterocycles. The van der Waals surface area contributed by atoms with E-state index in [1.54, 1.807) is 6.07 Å². The van der Waals surface area contributed by atoms with E-state index in [2.05, 4.69) is 0 Å². The molecule has 0 bridgehead atoms. The molecule has 1 aliphatic rings. The molecule has 102 valence electrons. The standard InChI is InChI=1S/C16H12ClFO2/c17-13-7-6-11(9-14(13)18)15(19)12-5-1-3-10-4-2-8-20-16(10)12/h1,3,5-7,9H,2,4,8H2. The third-order valence-corrected chi connectivity index (χ3v) is 3.67. The van der Waals surface area contributed by atoms with Gasteiger partial charge in [0.05, 0.1) is 17.2 Å². The summed E-state index contributed by atoms with van der Waals surface area (Å²) in [5, 5.41) is 0.00731. The van der Waals surface area contributed by atoms with Crippen LogP contribution in [0.15, 0.2) is 36.4 Å². The van der Waals surface area contributed by atoms with Crippen molar-refractivity contribution < 1.29 is 13.9 Å². The smallest absolute Gasteiger partial charge is 0.196 e. The van der Waals surface area contributed by atoms with Crippen molar-refractivity contribution in [3.63, 3.8) is 0 Å². The normalized spacial score (nSPS) is 13.5. The van der Waals surface area contributed by atoms with Gasteiger partial charge in [-0.1, -0.05) is 23.7 Å². The molecule has 4 heteroatoms. The van der Waals surface area contributed by atoms with E-state index >= 15 is 0 Å². The van der Waals surface area contributed by atoms with Gasteiger partial charge in [-0.25, -0.2) is 4.39 Å². The Kier molecular flexibility index (Phi) is 3.45. The van der Waals surface area contributed by atoms with Gasteiger partial charge in [0.2, 0.25) is 0 Å². The van der Waals surface area contributed by atoms with Crippen molar-refractivity contribution in [1.82, 2.24) is 0 Å². The summed E-state index contributed by atoms with van der Waals surface area (Å²) in [5.74, 6) is -0.221. The first-order chi connectivity index (χ1) is 9.66. The summed E-state index contributed by atoms with van der Waals surface area (Å²) in [6.45, 7) is 0.603. The fourth-order valence-electron chi connectivity index (χ4n) is 2.36. The number of carbonyl (C=O) groups excluding carboxylic acids is 1. The van der Waals surface area contributed by atoms with Crippen LogP contribution in [0.25, 0.3) is 0 Å². The number of ketones is 1. The highest BCUT2D eigenvalue weighted by Crippen LogP contribution is 2.31. The fraction of sp³-hybridized carbons (Fsp3) is 0.188. The summed E-state index contributed by atoms with van der Waals surface area (Å²) in [6.07, 6.45) is 1.84. The van der Waals surface area contributed by atoms with Crippen molar-refractivity contribution in [1.29, 1.82) is 0 Å². The van der Waals surface area contributed by atoms with Crippen molar-refractivity contribution in [2.24, 2.45) is 0 Å². The predicted octanol–water partition coefficient (Wildman–Crippen LogP) is 4.04. The van der Waals surface area contributed by atoms with E-state index in [0.29, 0.717) is 17.9 Å². The topological polar surface area (TPSA) is 26.3 Å². The Morgan fingerprint density at radius 2 is 2.10 bits per heavy atom. The van der Waals surface area contributed by atoms with E-state index in [1.807, 2.05) is 12.1 Å². The predicted molar refractivity (Wildman–Crippen MR) is 75.1 cm³/mol. The molecule has 0 saturated heterocycles. The molecule has 0 aliphatic carbocycles. The minimum absolute atomic E-state index is 0.00731. The minimum atomic E-state index is -0.594. The van der Waals surface area contributed by atoms with Gasteiger partial charge in [0.1, 0.15) is 11.6 Å². The average molecular weight is 291 g/mol. The molecule has 0 atom stereocenters. The molecular formula is C16H12ClFO2. The Bertz CT molecular complexity index is 682. The summed E-state index contributed by atoms with van der Waals surface area (Å²) in [6, 6.07) is 9.56. The second-order valence-electron chi connectivity index (χ2n) is 4.70. The van der Waals surface area contributed by atoms with Crippen LogP contribution in [0.5, 0.6) is 5.75 Å². The number of aryl methyl sites for hydroxylation is 1. The number of hydrogen-bond donors (Lipinski definition) is 0. The van der Waals surface area contributed by atoms with Crippen molar-refractivity contribution in [2.45, 2.75) is 12.8 Å². The Morgan fingerprint density at radius 3 is 2.90 bits per heavy atom. The van der Waals surface area contributed by atoms with Crippen LogP contribution in [-0.4, -0.2) is 12.4 Å². The van der Waals surface area contributed by atoms with E-state index in [0.717, 1.165) is 24.5 Å². The molecule has 1 heterocycles. The second-order valence-corrected chi connectivity index (χ2v) is 5.11. The monoisotopic (exact) mass is 290 g/mol. The van der Waals surface area contributed by atoms with Crippen LogP contribution in [0.2, 0.25) is 5.02 Å². The van der Waals surface area contributed by atoms with E-state index in [4.69, 9.17) is 16.3 Å². The molecule has 0 spiro atoms. The number of hydrogen-bond acceptors (Lipinski definition) is 2. The van der Waals surface area contributed by atoms with Gasteiger partial charge in [0, 0.05) is 5.56 Å². The molecule has 0 fully saturated rings. The Morgan fingerprint density at radius 1 is 1.25 bits per heavy atom. The van der Waals surface area contributed by atoms with Crippen LogP contribution in [-0.2, 0) is 6.42 Å². The molecule has 2 aromatic rings. The summed E-state index contributed by atoms with van der Waals surface area (Å²) in [4.78, 5) is 12.5. The van der Waals surface area contributed by atoms with Crippen LogP contribution >= 0.6 is 11.6 Å². The summed E-state index contributed by atoms with van der Waals surface area (Å²) in [5.41, 5.74) is 1.77. The third-order valence-electron chi connectivity index (χ3n) is 3.36. The zero-order valence-corrected chi connectivity index (χ0v) is 11.4. The molecule has 0 amide bonds. The van der Waals surface area contributed by atoms with Crippen LogP contribution in [0, 0.1) is 5.82 Å². The number of rotatable bonds is 2.